The molecule has 35 heavy (non-hydrogen) atoms. The second-order valence-corrected chi connectivity index (χ2v) is 11.3. The number of hydrogen-bond donors (Lipinski definition) is 1. The van der Waals surface area contributed by atoms with Crippen molar-refractivity contribution < 1.29 is 22.7 Å². The highest BCUT2D eigenvalue weighted by atomic mass is 35.5. The van der Waals surface area contributed by atoms with E-state index in [-0.39, 0.29) is 15.8 Å². The van der Waals surface area contributed by atoms with Crippen molar-refractivity contribution in [3.8, 4) is 11.1 Å². The normalized spacial score (nSPS) is 12.5. The maximum atomic E-state index is 14.0. The van der Waals surface area contributed by atoms with E-state index in [1.54, 1.807) is 6.07 Å². The van der Waals surface area contributed by atoms with Gasteiger partial charge in [0, 0.05) is 24.1 Å². The van der Waals surface area contributed by atoms with Crippen LogP contribution >= 0.6 is 11.6 Å². The molecule has 8 heteroatoms. The monoisotopic (exact) mass is 517 g/mol. The standard InChI is InChI=1S/C27H29ClFNO4S/c1-5-18(17(2)3)16-30(20-9-7-6-8-10-20)25-15-23(28)21(14-26(25)35(4,33)34)19-11-12-24(29)22(13-19)27(31)32/h6-15,17-18H,5,16H2,1-4H3,(H,31,32)/t18-/m1/s1. The van der Waals surface area contributed by atoms with Gasteiger partial charge in [-0.15, -0.1) is 0 Å². The zero-order valence-electron chi connectivity index (χ0n) is 20.1. The van der Waals surface area contributed by atoms with E-state index >= 15 is 0 Å². The molecule has 0 radical (unpaired) electrons. The SMILES string of the molecule is CC[C@H](CN(c1ccccc1)c1cc(Cl)c(-c2ccc(F)c(C(=O)O)c2)cc1S(C)(=O)=O)C(C)C. The number of benzene rings is 3. The Morgan fingerprint density at radius 2 is 1.74 bits per heavy atom. The van der Waals surface area contributed by atoms with E-state index in [9.17, 15) is 22.7 Å². The summed E-state index contributed by atoms with van der Waals surface area (Å²) in [6, 6.07) is 16.1. The maximum absolute atomic E-state index is 14.0. The zero-order valence-corrected chi connectivity index (χ0v) is 21.7. The lowest BCUT2D eigenvalue weighted by molar-refractivity contribution is 0.0692. The summed E-state index contributed by atoms with van der Waals surface area (Å²) in [6.07, 6.45) is 2.04. The smallest absolute Gasteiger partial charge is 0.338 e. The van der Waals surface area contributed by atoms with Gasteiger partial charge in [-0.05, 0) is 53.8 Å². The van der Waals surface area contributed by atoms with Gasteiger partial charge >= 0.3 is 5.97 Å². The van der Waals surface area contributed by atoms with Crippen LogP contribution in [-0.2, 0) is 9.84 Å². The zero-order chi connectivity index (χ0) is 25.9. The highest BCUT2D eigenvalue weighted by molar-refractivity contribution is 7.90. The van der Waals surface area contributed by atoms with Crippen molar-refractivity contribution in [3.05, 3.63) is 77.1 Å². The van der Waals surface area contributed by atoms with E-state index in [0.29, 0.717) is 29.3 Å². The van der Waals surface area contributed by atoms with Crippen LogP contribution < -0.4 is 4.90 Å². The van der Waals surface area contributed by atoms with Crippen molar-refractivity contribution in [2.45, 2.75) is 32.1 Å². The van der Waals surface area contributed by atoms with Crippen molar-refractivity contribution in [3.63, 3.8) is 0 Å². The minimum atomic E-state index is -3.72. The Balaban J connectivity index is 2.27. The molecule has 186 valence electrons. The summed E-state index contributed by atoms with van der Waals surface area (Å²) in [7, 11) is -3.72. The molecule has 0 heterocycles. The first-order valence-corrected chi connectivity index (χ1v) is 13.6. The quantitative estimate of drug-likeness (QED) is 0.328. The van der Waals surface area contributed by atoms with Crippen molar-refractivity contribution in [2.24, 2.45) is 11.8 Å². The van der Waals surface area contributed by atoms with Crippen molar-refractivity contribution in [2.75, 3.05) is 17.7 Å². The molecule has 0 spiro atoms. The second-order valence-electron chi connectivity index (χ2n) is 8.93. The average Bonchev–Trinajstić information content (AvgIpc) is 2.79. The fourth-order valence-electron chi connectivity index (χ4n) is 4.13. The van der Waals surface area contributed by atoms with Crippen LogP contribution in [0.1, 0.15) is 37.6 Å². The summed E-state index contributed by atoms with van der Waals surface area (Å²) < 4.78 is 39.9. The summed E-state index contributed by atoms with van der Waals surface area (Å²) in [6.45, 7) is 6.96. The Bertz CT molecular complexity index is 1330. The van der Waals surface area contributed by atoms with Crippen LogP contribution in [-0.4, -0.2) is 32.3 Å². The number of anilines is 2. The summed E-state index contributed by atoms with van der Waals surface area (Å²) in [5.74, 6) is -1.64. The summed E-state index contributed by atoms with van der Waals surface area (Å²) in [4.78, 5) is 13.4. The van der Waals surface area contributed by atoms with Crippen molar-refractivity contribution in [1.82, 2.24) is 0 Å². The fraction of sp³-hybridized carbons (Fsp3) is 0.296. The molecule has 0 aromatic heterocycles. The van der Waals surface area contributed by atoms with Crippen LogP contribution in [0, 0.1) is 17.7 Å². The first-order chi connectivity index (χ1) is 16.4. The molecule has 0 fully saturated rings. The number of rotatable bonds is 9. The Morgan fingerprint density at radius 3 is 2.29 bits per heavy atom. The van der Waals surface area contributed by atoms with Gasteiger partial charge in [0.1, 0.15) is 5.82 Å². The number of hydrogen-bond acceptors (Lipinski definition) is 4. The molecule has 5 nitrogen and oxygen atoms in total. The van der Waals surface area contributed by atoms with Gasteiger partial charge in [-0.1, -0.05) is 63.1 Å². The van der Waals surface area contributed by atoms with Gasteiger partial charge < -0.3 is 10.0 Å². The first-order valence-electron chi connectivity index (χ1n) is 11.3. The van der Waals surface area contributed by atoms with E-state index in [4.69, 9.17) is 11.6 Å². The Morgan fingerprint density at radius 1 is 1.09 bits per heavy atom. The number of carbonyl (C=O) groups is 1. The second kappa shape index (κ2) is 10.8. The highest BCUT2D eigenvalue weighted by Crippen LogP contribution is 2.40. The molecule has 3 aromatic rings. The van der Waals surface area contributed by atoms with Gasteiger partial charge in [-0.3, -0.25) is 0 Å². The molecule has 3 rings (SSSR count). The van der Waals surface area contributed by atoms with E-state index in [1.807, 2.05) is 35.2 Å². The van der Waals surface area contributed by atoms with Gasteiger partial charge in [0.05, 0.1) is 21.2 Å². The predicted molar refractivity (Wildman–Crippen MR) is 139 cm³/mol. The van der Waals surface area contributed by atoms with E-state index < -0.39 is 27.2 Å². The van der Waals surface area contributed by atoms with Crippen LogP contribution in [0.2, 0.25) is 5.02 Å². The molecule has 1 N–H and O–H groups in total. The molecule has 0 aliphatic rings. The maximum Gasteiger partial charge on any atom is 0.338 e. The number of para-hydroxylation sites is 1. The lowest BCUT2D eigenvalue weighted by Crippen LogP contribution is -2.29. The van der Waals surface area contributed by atoms with Crippen molar-refractivity contribution in [1.29, 1.82) is 0 Å². The third-order valence-electron chi connectivity index (χ3n) is 6.20. The predicted octanol–water partition coefficient (Wildman–Crippen LogP) is 7.07. The van der Waals surface area contributed by atoms with Gasteiger partial charge in [0.2, 0.25) is 0 Å². The average molecular weight is 518 g/mol. The van der Waals surface area contributed by atoms with Gasteiger partial charge in [0.15, 0.2) is 9.84 Å². The van der Waals surface area contributed by atoms with Crippen molar-refractivity contribution >= 4 is 38.8 Å². The number of sulfone groups is 1. The van der Waals surface area contributed by atoms with E-state index in [2.05, 4.69) is 20.8 Å². The number of carboxylic acids is 1. The molecule has 0 unspecified atom stereocenters. The van der Waals surface area contributed by atoms with Crippen LogP contribution in [0.4, 0.5) is 15.8 Å². The number of aromatic carboxylic acids is 1. The number of halogens is 2. The van der Waals surface area contributed by atoms with Crippen LogP contribution in [0.5, 0.6) is 0 Å². The first kappa shape index (κ1) is 26.7. The van der Waals surface area contributed by atoms with Gasteiger partial charge in [-0.25, -0.2) is 17.6 Å². The fourth-order valence-corrected chi connectivity index (χ4v) is 5.27. The minimum absolute atomic E-state index is 0.0561. The Kier molecular flexibility index (Phi) is 8.23. The van der Waals surface area contributed by atoms with Gasteiger partial charge in [0.25, 0.3) is 0 Å². The topological polar surface area (TPSA) is 74.7 Å². The Hall–Kier alpha value is -2.90. The lowest BCUT2D eigenvalue weighted by atomic mass is 9.92. The molecular formula is C27H29ClFNO4S. The molecule has 0 aliphatic carbocycles. The van der Waals surface area contributed by atoms with E-state index in [1.165, 1.54) is 12.1 Å². The largest absolute Gasteiger partial charge is 0.478 e. The minimum Gasteiger partial charge on any atom is -0.478 e. The summed E-state index contributed by atoms with van der Waals surface area (Å²) in [5, 5.41) is 9.54. The van der Waals surface area contributed by atoms with Crippen LogP contribution in [0.15, 0.2) is 65.6 Å². The molecule has 0 amide bonds. The van der Waals surface area contributed by atoms with Crippen LogP contribution in [0.25, 0.3) is 11.1 Å². The third-order valence-corrected chi connectivity index (χ3v) is 7.64. The lowest BCUT2D eigenvalue weighted by Gasteiger charge is -2.32. The molecule has 0 bridgehead atoms. The third kappa shape index (κ3) is 6.03. The summed E-state index contributed by atoms with van der Waals surface area (Å²) >= 11 is 6.66. The molecular weight excluding hydrogens is 489 g/mol. The van der Waals surface area contributed by atoms with Crippen LogP contribution in [0.3, 0.4) is 0 Å². The highest BCUT2D eigenvalue weighted by Gasteiger charge is 2.26. The number of nitrogens with zero attached hydrogens (tertiary/aromatic N) is 1. The van der Waals surface area contributed by atoms with E-state index in [0.717, 1.165) is 30.5 Å². The molecule has 1 atom stereocenters. The molecule has 0 aliphatic heterocycles. The van der Waals surface area contributed by atoms with Gasteiger partial charge in [-0.2, -0.15) is 0 Å². The molecule has 3 aromatic carbocycles. The summed E-state index contributed by atoms with van der Waals surface area (Å²) in [5.41, 5.74) is 1.37. The molecule has 0 saturated heterocycles. The molecule has 0 saturated carbocycles. The Labute approximate surface area is 211 Å². The number of carboxylic acid groups (broad SMARTS) is 1.